The highest BCUT2D eigenvalue weighted by molar-refractivity contribution is 5.89. The zero-order valence-electron chi connectivity index (χ0n) is 9.66. The zero-order valence-corrected chi connectivity index (χ0v) is 9.66. The van der Waals surface area contributed by atoms with Gasteiger partial charge in [0.05, 0.1) is 6.04 Å². The molecule has 5 heteroatoms. The molecule has 1 aliphatic rings. The van der Waals surface area contributed by atoms with E-state index in [9.17, 15) is 9.59 Å². The van der Waals surface area contributed by atoms with Crippen LogP contribution >= 0.6 is 0 Å². The largest absolute Gasteiger partial charge is 0.480 e. The summed E-state index contributed by atoms with van der Waals surface area (Å²) in [5.41, 5.74) is 4.59. The maximum absolute atomic E-state index is 11.7. The fraction of sp³-hybridized carbons (Fsp3) is 0.818. The molecule has 0 heterocycles. The molecular formula is C11H20N2O3. The van der Waals surface area contributed by atoms with Crippen molar-refractivity contribution in [3.8, 4) is 0 Å². The number of hydrogen-bond acceptors (Lipinski definition) is 3. The van der Waals surface area contributed by atoms with E-state index < -0.39 is 17.6 Å². The second-order valence-corrected chi connectivity index (χ2v) is 4.48. The predicted octanol–water partition coefficient (Wildman–Crippen LogP) is 0.627. The molecule has 0 aliphatic heterocycles. The summed E-state index contributed by atoms with van der Waals surface area (Å²) in [5, 5.41) is 11.8. The van der Waals surface area contributed by atoms with Crippen molar-refractivity contribution in [3.63, 3.8) is 0 Å². The second-order valence-electron chi connectivity index (χ2n) is 4.48. The number of carbonyl (C=O) groups is 2. The fourth-order valence-electron chi connectivity index (χ4n) is 2.14. The molecule has 0 aromatic rings. The van der Waals surface area contributed by atoms with Crippen LogP contribution in [-0.4, -0.2) is 28.6 Å². The van der Waals surface area contributed by atoms with E-state index in [0.717, 1.165) is 19.3 Å². The molecule has 1 saturated carbocycles. The van der Waals surface area contributed by atoms with Gasteiger partial charge in [0.25, 0.3) is 0 Å². The highest BCUT2D eigenvalue weighted by Gasteiger charge is 2.43. The van der Waals surface area contributed by atoms with Crippen LogP contribution in [0.1, 0.15) is 45.4 Å². The number of amides is 1. The minimum Gasteiger partial charge on any atom is -0.480 e. The van der Waals surface area contributed by atoms with Crippen molar-refractivity contribution in [2.24, 2.45) is 5.73 Å². The fourth-order valence-corrected chi connectivity index (χ4v) is 2.14. The summed E-state index contributed by atoms with van der Waals surface area (Å²) in [4.78, 5) is 22.9. The topological polar surface area (TPSA) is 92.4 Å². The summed E-state index contributed by atoms with van der Waals surface area (Å²) in [6.45, 7) is 1.94. The van der Waals surface area contributed by atoms with Crippen LogP contribution in [0.25, 0.3) is 0 Å². The predicted molar refractivity (Wildman–Crippen MR) is 59.9 cm³/mol. The first kappa shape index (κ1) is 13.0. The van der Waals surface area contributed by atoms with Crippen molar-refractivity contribution < 1.29 is 14.7 Å². The summed E-state index contributed by atoms with van der Waals surface area (Å²) in [7, 11) is 0. The Kier molecular flexibility index (Phi) is 4.29. The molecule has 1 fully saturated rings. The molecule has 1 aliphatic carbocycles. The minimum atomic E-state index is -1.07. The molecular weight excluding hydrogens is 208 g/mol. The summed E-state index contributed by atoms with van der Waals surface area (Å²) in [6, 6.07) is -0.596. The lowest BCUT2D eigenvalue weighted by Gasteiger charge is -2.26. The number of carboxylic acids is 1. The Bertz CT molecular complexity index is 272. The van der Waals surface area contributed by atoms with E-state index in [0.29, 0.717) is 19.3 Å². The van der Waals surface area contributed by atoms with Crippen LogP contribution in [0.3, 0.4) is 0 Å². The Hall–Kier alpha value is -1.10. The standard InChI is InChI=1S/C11H20N2O3/c1-2-5-8(12)9(14)13-11(10(15)16)6-3-4-7-11/h8H,2-7,12H2,1H3,(H,13,14)(H,15,16)/t8-/m0/s1. The molecule has 0 aromatic carbocycles. The highest BCUT2D eigenvalue weighted by Crippen LogP contribution is 2.29. The van der Waals surface area contributed by atoms with Crippen LogP contribution in [-0.2, 0) is 9.59 Å². The van der Waals surface area contributed by atoms with E-state index in [-0.39, 0.29) is 5.91 Å². The summed E-state index contributed by atoms with van der Waals surface area (Å²) in [6.07, 6.45) is 4.10. The van der Waals surface area contributed by atoms with Crippen molar-refractivity contribution in [2.75, 3.05) is 0 Å². The van der Waals surface area contributed by atoms with Crippen molar-refractivity contribution >= 4 is 11.9 Å². The van der Waals surface area contributed by atoms with Crippen LogP contribution in [0.2, 0.25) is 0 Å². The summed E-state index contributed by atoms with van der Waals surface area (Å²) in [5.74, 6) is -1.28. The molecule has 0 radical (unpaired) electrons. The lowest BCUT2D eigenvalue weighted by molar-refractivity contribution is -0.147. The number of carbonyl (C=O) groups excluding carboxylic acids is 1. The van der Waals surface area contributed by atoms with Gasteiger partial charge in [-0.3, -0.25) is 4.79 Å². The maximum Gasteiger partial charge on any atom is 0.329 e. The van der Waals surface area contributed by atoms with Crippen LogP contribution in [0, 0.1) is 0 Å². The van der Waals surface area contributed by atoms with Gasteiger partial charge in [0.2, 0.25) is 5.91 Å². The second kappa shape index (κ2) is 5.30. The molecule has 1 rings (SSSR count). The average Bonchev–Trinajstić information content (AvgIpc) is 2.68. The zero-order chi connectivity index (χ0) is 12.2. The van der Waals surface area contributed by atoms with Gasteiger partial charge in [-0.1, -0.05) is 26.2 Å². The first-order valence-corrected chi connectivity index (χ1v) is 5.83. The molecule has 0 bridgehead atoms. The lowest BCUT2D eigenvalue weighted by Crippen LogP contribution is -2.56. The third-order valence-electron chi connectivity index (χ3n) is 3.17. The van der Waals surface area contributed by atoms with Gasteiger partial charge in [-0.25, -0.2) is 4.79 Å². The Morgan fingerprint density at radius 2 is 2.00 bits per heavy atom. The van der Waals surface area contributed by atoms with E-state index in [4.69, 9.17) is 10.8 Å². The molecule has 4 N–H and O–H groups in total. The molecule has 0 aromatic heterocycles. The number of nitrogens with two attached hydrogens (primary N) is 1. The molecule has 0 saturated heterocycles. The number of nitrogens with one attached hydrogen (secondary N) is 1. The average molecular weight is 228 g/mol. The van der Waals surface area contributed by atoms with Crippen LogP contribution in [0.5, 0.6) is 0 Å². The number of aliphatic carboxylic acids is 1. The molecule has 0 unspecified atom stereocenters. The van der Waals surface area contributed by atoms with Gasteiger partial charge >= 0.3 is 5.97 Å². The van der Waals surface area contributed by atoms with Gasteiger partial charge < -0.3 is 16.2 Å². The van der Waals surface area contributed by atoms with Crippen LogP contribution in [0.4, 0.5) is 0 Å². The van der Waals surface area contributed by atoms with E-state index >= 15 is 0 Å². The summed E-state index contributed by atoms with van der Waals surface area (Å²) < 4.78 is 0. The first-order valence-electron chi connectivity index (χ1n) is 5.83. The first-order chi connectivity index (χ1) is 7.52. The van der Waals surface area contributed by atoms with Gasteiger partial charge in [0.1, 0.15) is 5.54 Å². The Morgan fingerprint density at radius 1 is 1.44 bits per heavy atom. The van der Waals surface area contributed by atoms with Gasteiger partial charge in [-0.2, -0.15) is 0 Å². The monoisotopic (exact) mass is 228 g/mol. The Morgan fingerprint density at radius 3 is 2.44 bits per heavy atom. The molecule has 92 valence electrons. The highest BCUT2D eigenvalue weighted by atomic mass is 16.4. The van der Waals surface area contributed by atoms with Gasteiger partial charge in [0.15, 0.2) is 0 Å². The van der Waals surface area contributed by atoms with E-state index in [2.05, 4.69) is 5.32 Å². The molecule has 5 nitrogen and oxygen atoms in total. The Labute approximate surface area is 95.4 Å². The van der Waals surface area contributed by atoms with E-state index in [1.54, 1.807) is 0 Å². The minimum absolute atomic E-state index is 0.342. The lowest BCUT2D eigenvalue weighted by atomic mass is 9.97. The SMILES string of the molecule is CCC[C@H](N)C(=O)NC1(C(=O)O)CCCC1. The van der Waals surface area contributed by atoms with E-state index in [1.165, 1.54) is 0 Å². The molecule has 1 amide bonds. The number of hydrogen-bond donors (Lipinski definition) is 3. The van der Waals surface area contributed by atoms with Crippen molar-refractivity contribution in [1.82, 2.24) is 5.32 Å². The molecule has 0 spiro atoms. The molecule has 1 atom stereocenters. The van der Waals surface area contributed by atoms with Gasteiger partial charge in [-0.05, 0) is 19.3 Å². The third-order valence-corrected chi connectivity index (χ3v) is 3.17. The maximum atomic E-state index is 11.7. The van der Waals surface area contributed by atoms with E-state index in [1.807, 2.05) is 6.92 Å². The van der Waals surface area contributed by atoms with Gasteiger partial charge in [-0.15, -0.1) is 0 Å². The van der Waals surface area contributed by atoms with Crippen molar-refractivity contribution in [1.29, 1.82) is 0 Å². The number of rotatable bonds is 5. The van der Waals surface area contributed by atoms with Crippen LogP contribution in [0.15, 0.2) is 0 Å². The van der Waals surface area contributed by atoms with Gasteiger partial charge in [0, 0.05) is 0 Å². The smallest absolute Gasteiger partial charge is 0.329 e. The Balaban J connectivity index is 2.62. The number of carboxylic acid groups (broad SMARTS) is 1. The van der Waals surface area contributed by atoms with Crippen LogP contribution < -0.4 is 11.1 Å². The normalized spacial score (nSPS) is 20.4. The quantitative estimate of drug-likeness (QED) is 0.643. The van der Waals surface area contributed by atoms with Crippen molar-refractivity contribution in [2.45, 2.75) is 57.0 Å². The third kappa shape index (κ3) is 2.72. The molecule has 16 heavy (non-hydrogen) atoms. The van der Waals surface area contributed by atoms with Crippen molar-refractivity contribution in [3.05, 3.63) is 0 Å². The summed E-state index contributed by atoms with van der Waals surface area (Å²) >= 11 is 0.